The summed E-state index contributed by atoms with van der Waals surface area (Å²) in [6, 6.07) is 0. The summed E-state index contributed by atoms with van der Waals surface area (Å²) >= 11 is 0. The number of aliphatic carboxylic acids is 1. The predicted molar refractivity (Wildman–Crippen MR) is 60.2 cm³/mol. The molecule has 0 radical (unpaired) electrons. The van der Waals surface area contributed by atoms with Gasteiger partial charge in [0.1, 0.15) is 5.54 Å². The van der Waals surface area contributed by atoms with Crippen LogP contribution in [0.2, 0.25) is 0 Å². The number of ether oxygens (including phenoxy) is 1. The summed E-state index contributed by atoms with van der Waals surface area (Å²) in [5.74, 6) is -0.876. The van der Waals surface area contributed by atoms with Gasteiger partial charge < -0.3 is 15.6 Å². The first-order valence-corrected chi connectivity index (χ1v) is 6.23. The number of rotatable bonds is 1. The molecule has 92 valence electrons. The van der Waals surface area contributed by atoms with Crippen LogP contribution in [0.1, 0.15) is 51.4 Å². The number of carboxylic acids is 1. The van der Waals surface area contributed by atoms with E-state index in [1.54, 1.807) is 0 Å². The summed E-state index contributed by atoms with van der Waals surface area (Å²) in [4.78, 5) is 11.2. The predicted octanol–water partition coefficient (Wildman–Crippen LogP) is 1.67. The van der Waals surface area contributed by atoms with Crippen molar-refractivity contribution in [2.45, 2.75) is 62.5 Å². The van der Waals surface area contributed by atoms with Crippen LogP contribution in [0.4, 0.5) is 0 Å². The molecule has 0 aromatic rings. The standard InChI is InChI=1S/C12H21NO3/c13-12(10(14)15)7-8-16-11(9-12)5-3-1-2-4-6-11/h1-9,13H2,(H,14,15). The molecule has 2 rings (SSSR count). The number of hydrogen-bond donors (Lipinski definition) is 2. The van der Waals surface area contributed by atoms with Crippen molar-refractivity contribution in [1.29, 1.82) is 0 Å². The number of nitrogens with two attached hydrogens (primary N) is 1. The highest BCUT2D eigenvalue weighted by molar-refractivity contribution is 5.78. The van der Waals surface area contributed by atoms with Crippen LogP contribution in [0.5, 0.6) is 0 Å². The van der Waals surface area contributed by atoms with E-state index in [2.05, 4.69) is 0 Å². The summed E-state index contributed by atoms with van der Waals surface area (Å²) in [7, 11) is 0. The highest BCUT2D eigenvalue weighted by Crippen LogP contribution is 2.40. The molecule has 3 N–H and O–H groups in total. The van der Waals surface area contributed by atoms with Crippen LogP contribution in [0, 0.1) is 0 Å². The molecule has 0 amide bonds. The molecule has 1 aliphatic heterocycles. The molecule has 0 aromatic heterocycles. The summed E-state index contributed by atoms with van der Waals surface area (Å²) in [5.41, 5.74) is 4.66. The third kappa shape index (κ3) is 2.23. The Labute approximate surface area is 96.2 Å². The molecule has 4 nitrogen and oxygen atoms in total. The lowest BCUT2D eigenvalue weighted by Crippen LogP contribution is -2.58. The summed E-state index contributed by atoms with van der Waals surface area (Å²) < 4.78 is 5.89. The monoisotopic (exact) mass is 227 g/mol. The molecule has 1 heterocycles. The van der Waals surface area contributed by atoms with Gasteiger partial charge in [0.15, 0.2) is 0 Å². The molecule has 1 unspecified atom stereocenters. The van der Waals surface area contributed by atoms with Crippen LogP contribution < -0.4 is 5.73 Å². The lowest BCUT2D eigenvalue weighted by atomic mass is 9.76. The molecule has 2 fully saturated rings. The fourth-order valence-corrected chi connectivity index (χ4v) is 3.04. The second kappa shape index (κ2) is 4.34. The Morgan fingerprint density at radius 3 is 2.31 bits per heavy atom. The average Bonchev–Trinajstić information content (AvgIpc) is 2.44. The molecule has 1 spiro atoms. The van der Waals surface area contributed by atoms with Gasteiger partial charge in [-0.15, -0.1) is 0 Å². The van der Waals surface area contributed by atoms with E-state index in [-0.39, 0.29) is 5.60 Å². The van der Waals surface area contributed by atoms with Crippen LogP contribution in [-0.2, 0) is 9.53 Å². The maximum atomic E-state index is 11.2. The van der Waals surface area contributed by atoms with Crippen LogP contribution in [0.3, 0.4) is 0 Å². The van der Waals surface area contributed by atoms with Gasteiger partial charge in [0.2, 0.25) is 0 Å². The molecule has 4 heteroatoms. The third-order valence-electron chi connectivity index (χ3n) is 4.03. The number of hydrogen-bond acceptors (Lipinski definition) is 3. The minimum Gasteiger partial charge on any atom is -0.480 e. The molecule has 0 aromatic carbocycles. The SMILES string of the molecule is NC1(C(=O)O)CCOC2(CCCCCC2)C1. The van der Waals surface area contributed by atoms with Crippen molar-refractivity contribution in [2.75, 3.05) is 6.61 Å². The van der Waals surface area contributed by atoms with Crippen molar-refractivity contribution < 1.29 is 14.6 Å². The van der Waals surface area contributed by atoms with Crippen LogP contribution in [0.25, 0.3) is 0 Å². The fourth-order valence-electron chi connectivity index (χ4n) is 3.04. The Hall–Kier alpha value is -0.610. The summed E-state index contributed by atoms with van der Waals surface area (Å²) in [6.45, 7) is 0.489. The first-order chi connectivity index (χ1) is 7.56. The third-order valence-corrected chi connectivity index (χ3v) is 4.03. The van der Waals surface area contributed by atoms with E-state index in [0.717, 1.165) is 25.7 Å². The van der Waals surface area contributed by atoms with Crippen molar-refractivity contribution in [3.05, 3.63) is 0 Å². The molecule has 0 bridgehead atoms. The van der Waals surface area contributed by atoms with Gasteiger partial charge >= 0.3 is 5.97 Å². The quantitative estimate of drug-likeness (QED) is 0.714. The molecular weight excluding hydrogens is 206 g/mol. The minimum atomic E-state index is -1.07. The van der Waals surface area contributed by atoms with Gasteiger partial charge in [0.05, 0.1) is 5.60 Å². The van der Waals surface area contributed by atoms with Gasteiger partial charge in [-0.3, -0.25) is 4.79 Å². The normalized spacial score (nSPS) is 34.6. The Bertz CT molecular complexity index is 271. The van der Waals surface area contributed by atoms with Crippen LogP contribution in [-0.4, -0.2) is 28.8 Å². The highest BCUT2D eigenvalue weighted by atomic mass is 16.5. The summed E-state index contributed by atoms with van der Waals surface area (Å²) in [6.07, 6.45) is 7.59. The largest absolute Gasteiger partial charge is 0.480 e. The van der Waals surface area contributed by atoms with Gasteiger partial charge in [-0.05, 0) is 19.3 Å². The zero-order chi connectivity index (χ0) is 11.6. The lowest BCUT2D eigenvalue weighted by Gasteiger charge is -2.44. The number of carbonyl (C=O) groups is 1. The van der Waals surface area contributed by atoms with Crippen molar-refractivity contribution in [3.8, 4) is 0 Å². The topological polar surface area (TPSA) is 72.6 Å². The van der Waals surface area contributed by atoms with E-state index in [1.165, 1.54) is 12.8 Å². The van der Waals surface area contributed by atoms with E-state index >= 15 is 0 Å². The fraction of sp³-hybridized carbons (Fsp3) is 0.917. The Balaban J connectivity index is 2.12. The Morgan fingerprint density at radius 2 is 1.75 bits per heavy atom. The average molecular weight is 227 g/mol. The van der Waals surface area contributed by atoms with Crippen molar-refractivity contribution in [3.63, 3.8) is 0 Å². The van der Waals surface area contributed by atoms with Gasteiger partial charge in [-0.1, -0.05) is 25.7 Å². The van der Waals surface area contributed by atoms with Crippen LogP contribution in [0.15, 0.2) is 0 Å². The van der Waals surface area contributed by atoms with E-state index in [4.69, 9.17) is 10.5 Å². The molecule has 1 aliphatic carbocycles. The molecule has 1 atom stereocenters. The lowest BCUT2D eigenvalue weighted by molar-refractivity contribution is -0.160. The maximum absolute atomic E-state index is 11.2. The van der Waals surface area contributed by atoms with Gasteiger partial charge in [0.25, 0.3) is 0 Å². The maximum Gasteiger partial charge on any atom is 0.323 e. The van der Waals surface area contributed by atoms with E-state index in [0.29, 0.717) is 19.4 Å². The second-order valence-corrected chi connectivity index (χ2v) is 5.33. The van der Waals surface area contributed by atoms with Crippen molar-refractivity contribution in [2.24, 2.45) is 5.73 Å². The van der Waals surface area contributed by atoms with Crippen molar-refractivity contribution in [1.82, 2.24) is 0 Å². The number of carboxylic acid groups (broad SMARTS) is 1. The zero-order valence-electron chi connectivity index (χ0n) is 9.71. The van der Waals surface area contributed by atoms with Gasteiger partial charge in [-0.25, -0.2) is 0 Å². The summed E-state index contributed by atoms with van der Waals surface area (Å²) in [5, 5.41) is 9.20. The molecule has 2 aliphatic rings. The zero-order valence-corrected chi connectivity index (χ0v) is 9.71. The highest BCUT2D eigenvalue weighted by Gasteiger charge is 2.47. The first-order valence-electron chi connectivity index (χ1n) is 6.23. The van der Waals surface area contributed by atoms with E-state index in [1.807, 2.05) is 0 Å². The Kier molecular flexibility index (Phi) is 3.22. The van der Waals surface area contributed by atoms with Gasteiger partial charge in [-0.2, -0.15) is 0 Å². The van der Waals surface area contributed by atoms with E-state index < -0.39 is 11.5 Å². The molecule has 1 saturated heterocycles. The van der Waals surface area contributed by atoms with Crippen LogP contribution >= 0.6 is 0 Å². The first kappa shape index (κ1) is 11.9. The second-order valence-electron chi connectivity index (χ2n) is 5.33. The molecular formula is C12H21NO3. The minimum absolute atomic E-state index is 0.248. The Morgan fingerprint density at radius 1 is 1.12 bits per heavy atom. The smallest absolute Gasteiger partial charge is 0.323 e. The molecule has 16 heavy (non-hydrogen) atoms. The van der Waals surface area contributed by atoms with Crippen molar-refractivity contribution >= 4 is 5.97 Å². The van der Waals surface area contributed by atoms with Gasteiger partial charge in [0, 0.05) is 13.0 Å². The van der Waals surface area contributed by atoms with E-state index in [9.17, 15) is 9.90 Å². The molecule has 1 saturated carbocycles.